The van der Waals surface area contributed by atoms with E-state index in [1.165, 1.54) is 0 Å². The number of nitrogens with two attached hydrogens (primary N) is 1. The lowest BCUT2D eigenvalue weighted by molar-refractivity contribution is 0.148. The fourth-order valence-corrected chi connectivity index (χ4v) is 1.82. The van der Waals surface area contributed by atoms with Crippen molar-refractivity contribution in [1.29, 1.82) is 0 Å². The minimum Gasteiger partial charge on any atom is -0.396 e. The average molecular weight is 267 g/mol. The molecular formula is C11H17N5O3. The number of aliphatic hydroxyl groups is 2. The topological polar surface area (TPSA) is 140 Å². The molecule has 2 rings (SSSR count). The first-order chi connectivity index (χ1) is 9.15. The van der Waals surface area contributed by atoms with Gasteiger partial charge < -0.3 is 26.2 Å². The van der Waals surface area contributed by atoms with E-state index in [0.717, 1.165) is 5.56 Å². The zero-order valence-electron chi connectivity index (χ0n) is 10.3. The Morgan fingerprint density at radius 2 is 2.16 bits per heavy atom. The van der Waals surface area contributed by atoms with Crippen LogP contribution in [0.4, 0.5) is 5.95 Å². The summed E-state index contributed by atoms with van der Waals surface area (Å²) in [6.07, 6.45) is 1.69. The molecule has 0 amide bonds. The average Bonchev–Trinajstić information content (AvgIpc) is 2.78. The number of fused-ring (bicyclic) bond motifs is 1. The van der Waals surface area contributed by atoms with Crippen molar-refractivity contribution >= 4 is 17.0 Å². The largest absolute Gasteiger partial charge is 0.396 e. The summed E-state index contributed by atoms with van der Waals surface area (Å²) in [4.78, 5) is 20.9. The van der Waals surface area contributed by atoms with Crippen LogP contribution in [0.15, 0.2) is 11.0 Å². The summed E-state index contributed by atoms with van der Waals surface area (Å²) in [5, 5.41) is 21.0. The number of aromatic amines is 2. The van der Waals surface area contributed by atoms with Crippen molar-refractivity contribution in [2.24, 2.45) is 5.92 Å². The van der Waals surface area contributed by atoms with Gasteiger partial charge in [0.05, 0.1) is 0 Å². The predicted octanol–water partition coefficient (Wildman–Crippen LogP) is -1.48. The maximum absolute atomic E-state index is 11.6. The minimum atomic E-state index is -0.308. The molecule has 104 valence electrons. The first-order valence-corrected chi connectivity index (χ1v) is 5.94. The quantitative estimate of drug-likeness (QED) is 0.377. The number of hydrogen-bond donors (Lipinski definition) is 6. The van der Waals surface area contributed by atoms with Crippen LogP contribution in [0.1, 0.15) is 5.56 Å². The molecule has 0 unspecified atom stereocenters. The highest BCUT2D eigenvalue weighted by Gasteiger charge is 2.10. The van der Waals surface area contributed by atoms with E-state index in [9.17, 15) is 4.79 Å². The van der Waals surface area contributed by atoms with Gasteiger partial charge in [-0.15, -0.1) is 0 Å². The van der Waals surface area contributed by atoms with Gasteiger partial charge in [-0.3, -0.25) is 9.78 Å². The van der Waals surface area contributed by atoms with E-state index in [1.54, 1.807) is 6.20 Å². The third-order valence-corrected chi connectivity index (χ3v) is 2.90. The number of aliphatic hydroxyl groups excluding tert-OH is 2. The van der Waals surface area contributed by atoms with Crippen LogP contribution in [0.5, 0.6) is 0 Å². The molecule has 0 aromatic carbocycles. The Balaban J connectivity index is 2.11. The van der Waals surface area contributed by atoms with Gasteiger partial charge in [-0.25, -0.2) is 4.98 Å². The number of anilines is 1. The van der Waals surface area contributed by atoms with Crippen molar-refractivity contribution in [3.63, 3.8) is 0 Å². The van der Waals surface area contributed by atoms with Crippen LogP contribution >= 0.6 is 0 Å². The van der Waals surface area contributed by atoms with Crippen molar-refractivity contribution in [2.75, 3.05) is 25.5 Å². The van der Waals surface area contributed by atoms with E-state index in [2.05, 4.69) is 20.3 Å². The summed E-state index contributed by atoms with van der Waals surface area (Å²) in [7, 11) is 0. The number of nitrogens with zero attached hydrogens (tertiary/aromatic N) is 1. The van der Waals surface area contributed by atoms with Crippen LogP contribution in [-0.4, -0.2) is 44.9 Å². The van der Waals surface area contributed by atoms with Crippen molar-refractivity contribution in [1.82, 2.24) is 20.3 Å². The second-order valence-electron chi connectivity index (χ2n) is 4.35. The third-order valence-electron chi connectivity index (χ3n) is 2.90. The normalized spacial score (nSPS) is 11.5. The number of H-pyrrole nitrogens is 2. The molecular weight excluding hydrogens is 250 g/mol. The lowest BCUT2D eigenvalue weighted by atomic mass is 10.2. The van der Waals surface area contributed by atoms with Crippen LogP contribution in [0.2, 0.25) is 0 Å². The second-order valence-corrected chi connectivity index (χ2v) is 4.35. The van der Waals surface area contributed by atoms with Crippen LogP contribution in [0.3, 0.4) is 0 Å². The van der Waals surface area contributed by atoms with Crippen LogP contribution in [0.25, 0.3) is 11.0 Å². The van der Waals surface area contributed by atoms with E-state index >= 15 is 0 Å². The summed E-state index contributed by atoms with van der Waals surface area (Å²) in [6.45, 7) is 0.773. The number of nitrogen functional groups attached to an aromatic ring is 1. The Bertz CT molecular complexity index is 602. The van der Waals surface area contributed by atoms with Crippen molar-refractivity contribution in [3.8, 4) is 0 Å². The Morgan fingerprint density at radius 3 is 2.84 bits per heavy atom. The van der Waals surface area contributed by atoms with Gasteiger partial charge in [0.15, 0.2) is 0 Å². The Kier molecular flexibility index (Phi) is 4.15. The molecule has 8 heteroatoms. The van der Waals surface area contributed by atoms with E-state index in [-0.39, 0.29) is 30.6 Å². The molecule has 0 aliphatic carbocycles. The zero-order valence-corrected chi connectivity index (χ0v) is 10.3. The van der Waals surface area contributed by atoms with Crippen molar-refractivity contribution in [2.45, 2.75) is 6.54 Å². The molecule has 8 nitrogen and oxygen atoms in total. The monoisotopic (exact) mass is 267 g/mol. The summed E-state index contributed by atoms with van der Waals surface area (Å²) < 4.78 is 0. The number of nitrogens with one attached hydrogen (secondary N) is 3. The van der Waals surface area contributed by atoms with Gasteiger partial charge in [-0.1, -0.05) is 0 Å². The number of aromatic nitrogens is 3. The van der Waals surface area contributed by atoms with Crippen LogP contribution < -0.4 is 16.6 Å². The molecule has 0 fully saturated rings. The SMILES string of the molecule is Nc1nc2c(CNCC(CO)CO)c[nH]c2c(=O)[nH]1. The molecule has 0 aliphatic heterocycles. The van der Waals surface area contributed by atoms with Gasteiger partial charge in [-0.2, -0.15) is 0 Å². The Hall–Kier alpha value is -1.90. The lowest BCUT2D eigenvalue weighted by Gasteiger charge is -2.11. The fraction of sp³-hybridized carbons (Fsp3) is 0.455. The highest BCUT2D eigenvalue weighted by molar-refractivity contribution is 5.78. The molecule has 2 heterocycles. The van der Waals surface area contributed by atoms with Gasteiger partial charge >= 0.3 is 0 Å². The maximum Gasteiger partial charge on any atom is 0.276 e. The van der Waals surface area contributed by atoms with Gasteiger partial charge in [0, 0.05) is 44.0 Å². The Morgan fingerprint density at radius 1 is 1.42 bits per heavy atom. The molecule has 2 aromatic heterocycles. The van der Waals surface area contributed by atoms with Crippen LogP contribution in [-0.2, 0) is 6.54 Å². The van der Waals surface area contributed by atoms with Gasteiger partial charge in [0.1, 0.15) is 11.0 Å². The van der Waals surface area contributed by atoms with Gasteiger partial charge in [0.2, 0.25) is 5.95 Å². The molecule has 0 atom stereocenters. The molecule has 0 aliphatic rings. The van der Waals surface area contributed by atoms with E-state index < -0.39 is 0 Å². The lowest BCUT2D eigenvalue weighted by Crippen LogP contribution is -2.27. The summed E-state index contributed by atoms with van der Waals surface area (Å²) >= 11 is 0. The fourth-order valence-electron chi connectivity index (χ4n) is 1.82. The van der Waals surface area contributed by atoms with Crippen molar-refractivity contribution in [3.05, 3.63) is 22.1 Å². The van der Waals surface area contributed by atoms with Gasteiger partial charge in [0.25, 0.3) is 5.56 Å². The second kappa shape index (κ2) is 5.83. The first kappa shape index (κ1) is 13.5. The molecule has 0 bridgehead atoms. The standard InChI is InChI=1S/C11H17N5O3/c12-11-15-8-7(2-13-1-6(4-17)5-18)3-14-9(8)10(19)16-11/h3,6,13-14,17-18H,1-2,4-5H2,(H3,12,15,16,19). The van der Waals surface area contributed by atoms with Gasteiger partial charge in [-0.05, 0) is 0 Å². The molecule has 19 heavy (non-hydrogen) atoms. The molecule has 0 saturated carbocycles. The van der Waals surface area contributed by atoms with E-state index in [0.29, 0.717) is 24.1 Å². The third kappa shape index (κ3) is 2.92. The summed E-state index contributed by atoms with van der Waals surface area (Å²) in [5.74, 6) is -0.131. The zero-order chi connectivity index (χ0) is 13.8. The predicted molar refractivity (Wildman–Crippen MR) is 70.5 cm³/mol. The van der Waals surface area contributed by atoms with Crippen molar-refractivity contribution < 1.29 is 10.2 Å². The molecule has 0 radical (unpaired) electrons. The smallest absolute Gasteiger partial charge is 0.276 e. The molecule has 0 spiro atoms. The first-order valence-electron chi connectivity index (χ1n) is 5.94. The molecule has 2 aromatic rings. The highest BCUT2D eigenvalue weighted by Crippen LogP contribution is 2.12. The summed E-state index contributed by atoms with van der Waals surface area (Å²) in [6, 6.07) is 0. The highest BCUT2D eigenvalue weighted by atomic mass is 16.3. The molecule has 7 N–H and O–H groups in total. The maximum atomic E-state index is 11.6. The number of hydrogen-bond acceptors (Lipinski definition) is 6. The van der Waals surface area contributed by atoms with Crippen LogP contribution in [0, 0.1) is 5.92 Å². The molecule has 0 saturated heterocycles. The minimum absolute atomic E-state index is 0.0712. The van der Waals surface area contributed by atoms with E-state index in [1.807, 2.05) is 0 Å². The number of rotatable bonds is 6. The Labute approximate surface area is 108 Å². The summed E-state index contributed by atoms with van der Waals surface area (Å²) in [5.41, 5.74) is 6.91. The van der Waals surface area contributed by atoms with E-state index in [4.69, 9.17) is 15.9 Å².